The van der Waals surface area contributed by atoms with Crippen molar-refractivity contribution in [1.29, 1.82) is 0 Å². The number of hydrogen-bond donors (Lipinski definition) is 1. The molecule has 0 amide bonds. The fourth-order valence-electron chi connectivity index (χ4n) is 1.89. The third kappa shape index (κ3) is 2.04. The third-order valence-electron chi connectivity index (χ3n) is 2.95. The minimum absolute atomic E-state index is 0.00714. The van der Waals surface area contributed by atoms with Gasteiger partial charge in [-0.1, -0.05) is 6.07 Å². The van der Waals surface area contributed by atoms with Crippen LogP contribution in [0, 0.1) is 11.7 Å². The van der Waals surface area contributed by atoms with E-state index < -0.39 is 17.6 Å². The Labute approximate surface area is 90.3 Å². The van der Waals surface area contributed by atoms with Crippen LogP contribution in [-0.2, 0) is 6.18 Å². The first-order valence-electron chi connectivity index (χ1n) is 5.00. The minimum atomic E-state index is -4.49. The van der Waals surface area contributed by atoms with Crippen LogP contribution in [0.15, 0.2) is 18.2 Å². The monoisotopic (exact) mass is 233 g/mol. The summed E-state index contributed by atoms with van der Waals surface area (Å²) in [6.07, 6.45) is -3.73. The van der Waals surface area contributed by atoms with Gasteiger partial charge in [0.25, 0.3) is 0 Å². The van der Waals surface area contributed by atoms with Gasteiger partial charge in [0.15, 0.2) is 0 Å². The summed E-state index contributed by atoms with van der Waals surface area (Å²) in [5, 5.41) is 0. The maximum absolute atomic E-state index is 13.4. The van der Waals surface area contributed by atoms with Crippen molar-refractivity contribution in [3.05, 3.63) is 35.1 Å². The molecule has 2 N–H and O–H groups in total. The van der Waals surface area contributed by atoms with Gasteiger partial charge < -0.3 is 5.73 Å². The number of benzene rings is 1. The van der Waals surface area contributed by atoms with Crippen LogP contribution in [0.5, 0.6) is 0 Å². The molecule has 2 atom stereocenters. The average Bonchev–Trinajstić information content (AvgIpc) is 2.95. The first kappa shape index (κ1) is 11.4. The van der Waals surface area contributed by atoms with Crippen molar-refractivity contribution in [1.82, 2.24) is 0 Å². The maximum Gasteiger partial charge on any atom is 0.416 e. The van der Waals surface area contributed by atoms with Crippen LogP contribution < -0.4 is 5.73 Å². The van der Waals surface area contributed by atoms with Crippen molar-refractivity contribution in [2.45, 2.75) is 18.5 Å². The highest BCUT2D eigenvalue weighted by atomic mass is 19.4. The summed E-state index contributed by atoms with van der Waals surface area (Å²) in [4.78, 5) is 0. The van der Waals surface area contributed by atoms with Gasteiger partial charge in [0.2, 0.25) is 0 Å². The summed E-state index contributed by atoms with van der Waals surface area (Å²) in [6.45, 7) is 0.450. The summed E-state index contributed by atoms with van der Waals surface area (Å²) >= 11 is 0. The first-order valence-corrected chi connectivity index (χ1v) is 5.00. The van der Waals surface area contributed by atoms with E-state index in [1.807, 2.05) is 0 Å². The molecule has 0 radical (unpaired) electrons. The minimum Gasteiger partial charge on any atom is -0.330 e. The van der Waals surface area contributed by atoms with E-state index in [-0.39, 0.29) is 11.8 Å². The lowest BCUT2D eigenvalue weighted by Crippen LogP contribution is -2.07. The van der Waals surface area contributed by atoms with Gasteiger partial charge in [-0.3, -0.25) is 0 Å². The van der Waals surface area contributed by atoms with Crippen molar-refractivity contribution in [3.63, 3.8) is 0 Å². The Morgan fingerprint density at radius 2 is 2.00 bits per heavy atom. The van der Waals surface area contributed by atoms with Crippen molar-refractivity contribution < 1.29 is 17.6 Å². The molecule has 16 heavy (non-hydrogen) atoms. The van der Waals surface area contributed by atoms with E-state index in [4.69, 9.17) is 5.73 Å². The second-order valence-electron chi connectivity index (χ2n) is 4.07. The Morgan fingerprint density at radius 3 is 2.44 bits per heavy atom. The zero-order valence-electron chi connectivity index (χ0n) is 8.39. The molecule has 0 saturated heterocycles. The van der Waals surface area contributed by atoms with Gasteiger partial charge in [-0.25, -0.2) is 4.39 Å². The van der Waals surface area contributed by atoms with Crippen molar-refractivity contribution in [3.8, 4) is 0 Å². The van der Waals surface area contributed by atoms with Crippen LogP contribution in [-0.4, -0.2) is 6.54 Å². The van der Waals surface area contributed by atoms with Gasteiger partial charge in [0.05, 0.1) is 5.56 Å². The molecule has 1 aromatic rings. The smallest absolute Gasteiger partial charge is 0.330 e. The Balaban J connectivity index is 2.25. The second-order valence-corrected chi connectivity index (χ2v) is 4.07. The highest BCUT2D eigenvalue weighted by Gasteiger charge is 2.39. The van der Waals surface area contributed by atoms with E-state index in [2.05, 4.69) is 0 Å². The molecule has 1 nitrogen and oxygen atoms in total. The Hall–Kier alpha value is -1.10. The summed E-state index contributed by atoms with van der Waals surface area (Å²) in [5.74, 6) is -0.575. The molecule has 0 aromatic heterocycles. The Kier molecular flexibility index (Phi) is 2.66. The summed E-state index contributed by atoms with van der Waals surface area (Å²) in [7, 11) is 0. The van der Waals surface area contributed by atoms with Crippen LogP contribution in [0.25, 0.3) is 0 Å². The van der Waals surface area contributed by atoms with Gasteiger partial charge in [-0.15, -0.1) is 0 Å². The second kappa shape index (κ2) is 3.73. The van der Waals surface area contributed by atoms with E-state index in [1.165, 1.54) is 6.07 Å². The molecule has 88 valence electrons. The topological polar surface area (TPSA) is 26.0 Å². The quantitative estimate of drug-likeness (QED) is 0.781. The van der Waals surface area contributed by atoms with Gasteiger partial charge >= 0.3 is 6.18 Å². The fourth-order valence-corrected chi connectivity index (χ4v) is 1.89. The molecule has 5 heteroatoms. The molecule has 1 saturated carbocycles. The number of rotatable bonds is 2. The van der Waals surface area contributed by atoms with E-state index in [1.54, 1.807) is 0 Å². The molecular weight excluding hydrogens is 222 g/mol. The lowest BCUT2D eigenvalue weighted by atomic mass is 10.1. The molecule has 0 unspecified atom stereocenters. The molecule has 1 aromatic carbocycles. The van der Waals surface area contributed by atoms with E-state index in [9.17, 15) is 17.6 Å². The Bertz CT molecular complexity index is 399. The van der Waals surface area contributed by atoms with E-state index in [0.29, 0.717) is 18.2 Å². The van der Waals surface area contributed by atoms with E-state index >= 15 is 0 Å². The van der Waals surface area contributed by atoms with Crippen LogP contribution in [0.4, 0.5) is 17.6 Å². The van der Waals surface area contributed by atoms with Gasteiger partial charge in [0.1, 0.15) is 5.82 Å². The highest BCUT2D eigenvalue weighted by molar-refractivity contribution is 5.32. The molecule has 0 aliphatic heterocycles. The number of halogens is 4. The largest absolute Gasteiger partial charge is 0.416 e. The van der Waals surface area contributed by atoms with Crippen LogP contribution in [0.3, 0.4) is 0 Å². The highest BCUT2D eigenvalue weighted by Crippen LogP contribution is 2.48. The third-order valence-corrected chi connectivity index (χ3v) is 2.95. The summed E-state index contributed by atoms with van der Waals surface area (Å²) in [5.41, 5.74) is 4.81. The lowest BCUT2D eigenvalue weighted by Gasteiger charge is -2.08. The van der Waals surface area contributed by atoms with Crippen LogP contribution >= 0.6 is 0 Å². The predicted molar refractivity (Wildman–Crippen MR) is 51.3 cm³/mol. The standard InChI is InChI=1S/C11H11F4N/c12-10-4-7(11(13,14)15)1-2-8(10)9-3-6(9)5-16/h1-2,4,6,9H,3,5,16H2/t6-,9+/m0/s1. The lowest BCUT2D eigenvalue weighted by molar-refractivity contribution is -0.137. The van der Waals surface area contributed by atoms with Gasteiger partial charge in [-0.2, -0.15) is 13.2 Å². The fraction of sp³-hybridized carbons (Fsp3) is 0.455. The SMILES string of the molecule is NC[C@@H]1C[C@H]1c1ccc(C(F)(F)F)cc1F. The van der Waals surface area contributed by atoms with Gasteiger partial charge in [-0.05, 0) is 42.5 Å². The molecule has 1 fully saturated rings. The van der Waals surface area contributed by atoms with Gasteiger partial charge in [0, 0.05) is 0 Å². The summed E-state index contributed by atoms with van der Waals surface area (Å²) < 4.78 is 50.3. The maximum atomic E-state index is 13.4. The number of alkyl halides is 3. The van der Waals surface area contributed by atoms with Crippen molar-refractivity contribution >= 4 is 0 Å². The Morgan fingerprint density at radius 1 is 1.31 bits per heavy atom. The predicted octanol–water partition coefficient (Wildman–Crippen LogP) is 2.91. The normalized spacial score (nSPS) is 24.6. The molecule has 0 bridgehead atoms. The molecule has 0 heterocycles. The first-order chi connectivity index (χ1) is 7.43. The number of nitrogens with two attached hydrogens (primary N) is 1. The molecule has 1 aliphatic rings. The zero-order valence-corrected chi connectivity index (χ0v) is 8.39. The van der Waals surface area contributed by atoms with Crippen molar-refractivity contribution in [2.75, 3.05) is 6.54 Å². The summed E-state index contributed by atoms with van der Waals surface area (Å²) in [6, 6.07) is 2.70. The van der Waals surface area contributed by atoms with E-state index in [0.717, 1.165) is 12.5 Å². The molecule has 2 rings (SSSR count). The van der Waals surface area contributed by atoms with Crippen molar-refractivity contribution in [2.24, 2.45) is 11.7 Å². The molecule has 1 aliphatic carbocycles. The molecule has 0 spiro atoms. The zero-order chi connectivity index (χ0) is 11.9. The van der Waals surface area contributed by atoms with Crippen LogP contribution in [0.1, 0.15) is 23.5 Å². The molecular formula is C11H11F4N. The van der Waals surface area contributed by atoms with Crippen LogP contribution in [0.2, 0.25) is 0 Å². The number of hydrogen-bond acceptors (Lipinski definition) is 1. The average molecular weight is 233 g/mol.